The van der Waals surface area contributed by atoms with Crippen LogP contribution in [0.15, 0.2) is 4.99 Å². The highest BCUT2D eigenvalue weighted by atomic mass is 32.2. The Morgan fingerprint density at radius 2 is 2.58 bits per heavy atom. The molecule has 1 fully saturated rings. The van der Waals surface area contributed by atoms with Crippen LogP contribution < -0.4 is 4.90 Å². The Morgan fingerprint density at radius 3 is 3.17 bits per heavy atom. The first-order chi connectivity index (χ1) is 5.74. The van der Waals surface area contributed by atoms with E-state index in [0.29, 0.717) is 6.54 Å². The number of carbonyl (C=O) groups is 1. The monoisotopic (exact) mass is 189 g/mol. The zero-order valence-electron chi connectivity index (χ0n) is 7.04. The van der Waals surface area contributed by atoms with Gasteiger partial charge in [0.1, 0.15) is 0 Å². The van der Waals surface area contributed by atoms with Crippen LogP contribution in [0, 0.1) is 0 Å². The van der Waals surface area contributed by atoms with Crippen LogP contribution in [0.3, 0.4) is 0 Å². The highest BCUT2D eigenvalue weighted by Gasteiger charge is 2.24. The molecule has 1 aliphatic rings. The van der Waals surface area contributed by atoms with Gasteiger partial charge in [0.2, 0.25) is 0 Å². The minimum absolute atomic E-state index is 0.231. The molecule has 4 nitrogen and oxygen atoms in total. The second-order valence-corrected chi connectivity index (χ2v) is 3.71. The number of nitrogens with zero attached hydrogens (tertiary/aromatic N) is 1. The van der Waals surface area contributed by atoms with E-state index in [1.54, 1.807) is 18.8 Å². The summed E-state index contributed by atoms with van der Waals surface area (Å²) in [4.78, 5) is 15.6. The topological polar surface area (TPSA) is 54.1 Å². The molecule has 0 bridgehead atoms. The molecule has 0 spiro atoms. The van der Waals surface area contributed by atoms with E-state index in [-0.39, 0.29) is 6.42 Å². The summed E-state index contributed by atoms with van der Waals surface area (Å²) in [5.74, 6) is 0.330. The Morgan fingerprint density at radius 1 is 1.83 bits per heavy atom. The standard InChI is InChI=1S/C7H12N2O2S/c1-8-7-9(4-5-12-7)3-2-6(10)11/h2-5H2,1H3,(H,10,11)/p+1. The number of aliphatic imine (C=N–C) groups is 1. The molecule has 68 valence electrons. The summed E-state index contributed by atoms with van der Waals surface area (Å²) in [6.07, 6.45) is 0.231. The fourth-order valence-corrected chi connectivity index (χ4v) is 2.27. The lowest BCUT2D eigenvalue weighted by Gasteiger charge is -2.08. The van der Waals surface area contributed by atoms with Gasteiger partial charge in [-0.2, -0.15) is 0 Å². The largest absolute Gasteiger partial charge is 0.481 e. The van der Waals surface area contributed by atoms with Gasteiger partial charge in [-0.05, 0) is 11.8 Å². The third-order valence-electron chi connectivity index (χ3n) is 1.79. The molecule has 1 rings (SSSR count). The van der Waals surface area contributed by atoms with Gasteiger partial charge in [0.05, 0.1) is 25.3 Å². The van der Waals surface area contributed by atoms with E-state index in [4.69, 9.17) is 5.11 Å². The van der Waals surface area contributed by atoms with Gasteiger partial charge in [-0.25, -0.2) is 4.99 Å². The molecule has 0 saturated carbocycles. The molecule has 1 atom stereocenters. The number of nitrogens with one attached hydrogen (secondary N) is 1. The second kappa shape index (κ2) is 4.47. The quantitative estimate of drug-likeness (QED) is 0.603. The zero-order valence-corrected chi connectivity index (χ0v) is 7.86. The van der Waals surface area contributed by atoms with Crippen LogP contribution in [0.4, 0.5) is 0 Å². The van der Waals surface area contributed by atoms with Gasteiger partial charge in [-0.3, -0.25) is 9.69 Å². The van der Waals surface area contributed by atoms with E-state index >= 15 is 0 Å². The van der Waals surface area contributed by atoms with Crippen molar-refractivity contribution < 1.29 is 14.8 Å². The van der Waals surface area contributed by atoms with Crippen molar-refractivity contribution in [1.29, 1.82) is 0 Å². The van der Waals surface area contributed by atoms with Crippen LogP contribution in [0.5, 0.6) is 0 Å². The number of carboxylic acids is 1. The van der Waals surface area contributed by atoms with Gasteiger partial charge in [0, 0.05) is 7.05 Å². The van der Waals surface area contributed by atoms with Crippen molar-refractivity contribution in [1.82, 2.24) is 0 Å². The lowest BCUT2D eigenvalue weighted by Crippen LogP contribution is -3.12. The first kappa shape index (κ1) is 9.54. The van der Waals surface area contributed by atoms with E-state index in [1.807, 2.05) is 0 Å². The predicted octanol–water partition coefficient (Wildman–Crippen LogP) is -0.921. The normalized spacial score (nSPS) is 26.4. The number of quaternary nitrogens is 1. The maximum Gasteiger partial charge on any atom is 0.309 e. The first-order valence-corrected chi connectivity index (χ1v) is 4.89. The Balaban J connectivity index is 2.36. The van der Waals surface area contributed by atoms with Crippen LogP contribution in [-0.2, 0) is 4.79 Å². The zero-order chi connectivity index (χ0) is 8.97. The third-order valence-corrected chi connectivity index (χ3v) is 2.94. The summed E-state index contributed by atoms with van der Waals surface area (Å²) >= 11 is 1.72. The maximum atomic E-state index is 10.3. The summed E-state index contributed by atoms with van der Waals surface area (Å²) in [6, 6.07) is 0. The van der Waals surface area contributed by atoms with Crippen molar-refractivity contribution in [3.63, 3.8) is 0 Å². The highest BCUT2D eigenvalue weighted by Crippen LogP contribution is 2.02. The van der Waals surface area contributed by atoms with Gasteiger partial charge in [0.25, 0.3) is 5.17 Å². The molecule has 1 saturated heterocycles. The van der Waals surface area contributed by atoms with Crippen LogP contribution in [-0.4, -0.2) is 42.1 Å². The average molecular weight is 189 g/mol. The van der Waals surface area contributed by atoms with Crippen molar-refractivity contribution >= 4 is 22.9 Å². The maximum absolute atomic E-state index is 10.3. The lowest BCUT2D eigenvalue weighted by atomic mass is 10.4. The Bertz CT molecular complexity index is 206. The lowest BCUT2D eigenvalue weighted by molar-refractivity contribution is -0.794. The minimum Gasteiger partial charge on any atom is -0.481 e. The molecule has 12 heavy (non-hydrogen) atoms. The van der Waals surface area contributed by atoms with Crippen molar-refractivity contribution in [3.8, 4) is 0 Å². The smallest absolute Gasteiger partial charge is 0.309 e. The Labute approximate surface area is 75.7 Å². The molecule has 0 aromatic rings. The van der Waals surface area contributed by atoms with Gasteiger partial charge in [-0.15, -0.1) is 0 Å². The number of aliphatic carboxylic acids is 1. The number of carboxylic acid groups (broad SMARTS) is 1. The van der Waals surface area contributed by atoms with Crippen molar-refractivity contribution in [2.75, 3.05) is 25.9 Å². The number of thioether (sulfide) groups is 1. The summed E-state index contributed by atoms with van der Waals surface area (Å²) in [7, 11) is 1.76. The van der Waals surface area contributed by atoms with E-state index in [2.05, 4.69) is 4.99 Å². The number of rotatable bonds is 3. The van der Waals surface area contributed by atoms with Gasteiger partial charge < -0.3 is 5.11 Å². The Hall–Kier alpha value is -0.550. The van der Waals surface area contributed by atoms with E-state index in [1.165, 1.54) is 4.90 Å². The van der Waals surface area contributed by atoms with Crippen LogP contribution in [0.1, 0.15) is 6.42 Å². The fraction of sp³-hybridized carbons (Fsp3) is 0.714. The van der Waals surface area contributed by atoms with Crippen molar-refractivity contribution in [2.45, 2.75) is 6.42 Å². The molecule has 1 heterocycles. The summed E-state index contributed by atoms with van der Waals surface area (Å²) < 4.78 is 0. The van der Waals surface area contributed by atoms with Crippen LogP contribution >= 0.6 is 11.8 Å². The molecule has 2 N–H and O–H groups in total. The average Bonchev–Trinajstić information content (AvgIpc) is 2.47. The third kappa shape index (κ3) is 2.49. The number of hydrogen-bond donors (Lipinski definition) is 2. The molecule has 0 aliphatic carbocycles. The molecular formula is C7H13N2O2S+. The van der Waals surface area contributed by atoms with Crippen molar-refractivity contribution in [2.24, 2.45) is 4.99 Å². The van der Waals surface area contributed by atoms with E-state index in [0.717, 1.165) is 17.5 Å². The first-order valence-electron chi connectivity index (χ1n) is 3.90. The molecule has 1 aliphatic heterocycles. The minimum atomic E-state index is -0.727. The van der Waals surface area contributed by atoms with Gasteiger partial charge in [-0.1, -0.05) is 0 Å². The summed E-state index contributed by atoms with van der Waals surface area (Å²) in [5, 5.41) is 9.52. The molecule has 5 heteroatoms. The SMILES string of the molecule is CN=C1SCC[NH+]1CCC(=O)O. The molecular weight excluding hydrogens is 176 g/mol. The number of hydrogen-bond acceptors (Lipinski definition) is 3. The summed E-state index contributed by atoms with van der Waals surface area (Å²) in [6.45, 7) is 1.67. The van der Waals surface area contributed by atoms with E-state index < -0.39 is 5.97 Å². The molecule has 0 radical (unpaired) electrons. The summed E-state index contributed by atoms with van der Waals surface area (Å²) in [5.41, 5.74) is 0. The second-order valence-electron chi connectivity index (χ2n) is 2.62. The fourth-order valence-electron chi connectivity index (χ4n) is 1.19. The predicted molar refractivity (Wildman–Crippen MR) is 48.8 cm³/mol. The van der Waals surface area contributed by atoms with Crippen LogP contribution in [0.25, 0.3) is 0 Å². The number of amidine groups is 1. The molecule has 1 unspecified atom stereocenters. The van der Waals surface area contributed by atoms with Crippen molar-refractivity contribution in [3.05, 3.63) is 0 Å². The molecule has 0 aromatic carbocycles. The Kier molecular flexibility index (Phi) is 3.55. The van der Waals surface area contributed by atoms with Gasteiger partial charge in [0.15, 0.2) is 0 Å². The van der Waals surface area contributed by atoms with Gasteiger partial charge >= 0.3 is 5.97 Å². The highest BCUT2D eigenvalue weighted by molar-refractivity contribution is 8.13. The van der Waals surface area contributed by atoms with Crippen LogP contribution in [0.2, 0.25) is 0 Å². The molecule has 0 amide bonds. The van der Waals surface area contributed by atoms with E-state index in [9.17, 15) is 4.79 Å². The molecule has 0 aromatic heterocycles.